The van der Waals surface area contributed by atoms with E-state index >= 15 is 0 Å². The maximum absolute atomic E-state index is 13.3. The van der Waals surface area contributed by atoms with Crippen molar-refractivity contribution in [2.75, 3.05) is 18.5 Å². The minimum absolute atomic E-state index is 0.206. The van der Waals surface area contributed by atoms with Gasteiger partial charge < -0.3 is 25.4 Å². The van der Waals surface area contributed by atoms with E-state index in [-0.39, 0.29) is 5.91 Å². The van der Waals surface area contributed by atoms with Crippen molar-refractivity contribution in [2.24, 2.45) is 0 Å². The Labute approximate surface area is 196 Å². The molecule has 1 amide bonds. The maximum Gasteiger partial charge on any atom is 0.255 e. The number of carbonyl (C=O) groups excluding carboxylic acids is 1. The second-order valence-corrected chi connectivity index (χ2v) is 8.30. The molecule has 31 heavy (non-hydrogen) atoms. The molecule has 1 aliphatic rings. The van der Waals surface area contributed by atoms with Gasteiger partial charge in [0.25, 0.3) is 5.91 Å². The summed E-state index contributed by atoms with van der Waals surface area (Å²) in [5.41, 5.74) is 3.83. The fourth-order valence-corrected chi connectivity index (χ4v) is 4.29. The summed E-state index contributed by atoms with van der Waals surface area (Å²) in [5.74, 6) is 1.04. The molecule has 2 aromatic rings. The van der Waals surface area contributed by atoms with Crippen molar-refractivity contribution in [3.8, 4) is 11.5 Å². The quantitative estimate of drug-likeness (QED) is 0.462. The van der Waals surface area contributed by atoms with Crippen molar-refractivity contribution < 1.29 is 14.3 Å². The molecule has 1 unspecified atom stereocenters. The van der Waals surface area contributed by atoms with Crippen LogP contribution < -0.4 is 25.4 Å². The number of anilines is 1. The third-order valence-corrected chi connectivity index (χ3v) is 5.67. The van der Waals surface area contributed by atoms with Gasteiger partial charge in [0.05, 0.1) is 29.3 Å². The van der Waals surface area contributed by atoms with Crippen LogP contribution >= 0.6 is 28.1 Å². The van der Waals surface area contributed by atoms with E-state index < -0.39 is 6.04 Å². The number of hydrogen-bond acceptors (Lipinski definition) is 4. The topological polar surface area (TPSA) is 71.6 Å². The second-order valence-electron chi connectivity index (χ2n) is 7.04. The van der Waals surface area contributed by atoms with Crippen LogP contribution in [0.4, 0.5) is 5.69 Å². The fourth-order valence-electron chi connectivity index (χ4n) is 3.45. The molecule has 0 spiro atoms. The van der Waals surface area contributed by atoms with Crippen LogP contribution in [0, 0.1) is 6.92 Å². The highest BCUT2D eigenvalue weighted by Gasteiger charge is 2.31. The second kappa shape index (κ2) is 10.2. The van der Waals surface area contributed by atoms with E-state index in [1.54, 1.807) is 0 Å². The van der Waals surface area contributed by atoms with E-state index in [1.807, 2.05) is 64.1 Å². The van der Waals surface area contributed by atoms with E-state index in [4.69, 9.17) is 21.7 Å². The van der Waals surface area contributed by atoms with Gasteiger partial charge in [-0.1, -0.05) is 18.2 Å². The SMILES string of the molecule is CCOc1cc(C2NC(=S)NC(C)=C2C(=O)Nc2ccccc2C)cc(Br)c1OCC. The Morgan fingerprint density at radius 2 is 1.87 bits per heavy atom. The highest BCUT2D eigenvalue weighted by atomic mass is 79.9. The van der Waals surface area contributed by atoms with Crippen LogP contribution in [0.5, 0.6) is 11.5 Å². The van der Waals surface area contributed by atoms with Crippen LogP contribution in [0.1, 0.15) is 37.9 Å². The number of rotatable bonds is 7. The van der Waals surface area contributed by atoms with Crippen molar-refractivity contribution >= 4 is 44.9 Å². The molecule has 0 saturated heterocycles. The van der Waals surface area contributed by atoms with E-state index in [9.17, 15) is 4.79 Å². The molecule has 6 nitrogen and oxygen atoms in total. The number of carbonyl (C=O) groups is 1. The van der Waals surface area contributed by atoms with Crippen molar-refractivity contribution in [1.29, 1.82) is 0 Å². The zero-order valence-electron chi connectivity index (χ0n) is 18.0. The predicted octanol–water partition coefficient (Wildman–Crippen LogP) is 4.99. The lowest BCUT2D eigenvalue weighted by Gasteiger charge is -2.31. The first kappa shape index (κ1) is 23.1. The summed E-state index contributed by atoms with van der Waals surface area (Å²) in [6.45, 7) is 8.64. The Kier molecular flexibility index (Phi) is 7.56. The molecule has 164 valence electrons. The maximum atomic E-state index is 13.3. The van der Waals surface area contributed by atoms with Crippen molar-refractivity contribution in [3.63, 3.8) is 0 Å². The van der Waals surface area contributed by atoms with Crippen molar-refractivity contribution in [2.45, 2.75) is 33.7 Å². The molecule has 2 aromatic carbocycles. The molecule has 0 aromatic heterocycles. The number of ether oxygens (including phenoxy) is 2. The van der Waals surface area contributed by atoms with E-state index in [1.165, 1.54) is 0 Å². The summed E-state index contributed by atoms with van der Waals surface area (Å²) in [5, 5.41) is 9.77. The number of halogens is 1. The molecule has 1 atom stereocenters. The van der Waals surface area contributed by atoms with Gasteiger partial charge in [-0.15, -0.1) is 0 Å². The van der Waals surface area contributed by atoms with Crippen LogP contribution in [0.15, 0.2) is 52.1 Å². The molecule has 3 rings (SSSR count). The van der Waals surface area contributed by atoms with Gasteiger partial charge in [-0.2, -0.15) is 0 Å². The summed E-state index contributed by atoms with van der Waals surface area (Å²) in [7, 11) is 0. The Morgan fingerprint density at radius 3 is 2.55 bits per heavy atom. The zero-order valence-corrected chi connectivity index (χ0v) is 20.4. The Hall–Kier alpha value is -2.58. The summed E-state index contributed by atoms with van der Waals surface area (Å²) in [6, 6.07) is 11.0. The highest BCUT2D eigenvalue weighted by molar-refractivity contribution is 9.10. The third kappa shape index (κ3) is 5.19. The number of benzene rings is 2. The molecule has 0 saturated carbocycles. The van der Waals surface area contributed by atoms with Crippen LogP contribution in [0.3, 0.4) is 0 Å². The number of allylic oxidation sites excluding steroid dienone is 1. The Bertz CT molecular complexity index is 1040. The van der Waals surface area contributed by atoms with Gasteiger partial charge in [0, 0.05) is 11.4 Å². The standard InChI is InChI=1S/C23H26BrN3O3S/c1-5-29-18-12-15(11-16(24)21(18)30-6-2)20-19(14(4)25-23(31)27-20)22(28)26-17-10-8-7-9-13(17)3/h7-12,20H,5-6H2,1-4H3,(H,26,28)(H2,25,27,31). The molecular formula is C23H26BrN3O3S. The average Bonchev–Trinajstić information content (AvgIpc) is 2.71. The number of thiocarbonyl (C=S) groups is 1. The lowest BCUT2D eigenvalue weighted by atomic mass is 9.94. The van der Waals surface area contributed by atoms with Crippen LogP contribution in [0.2, 0.25) is 0 Å². The lowest BCUT2D eigenvalue weighted by molar-refractivity contribution is -0.113. The van der Waals surface area contributed by atoms with Gasteiger partial charge in [-0.3, -0.25) is 4.79 Å². The molecule has 0 radical (unpaired) electrons. The number of hydrogen-bond donors (Lipinski definition) is 3. The molecule has 1 heterocycles. The number of para-hydroxylation sites is 1. The summed E-state index contributed by atoms with van der Waals surface area (Å²) >= 11 is 8.97. The molecule has 8 heteroatoms. The van der Waals surface area contributed by atoms with Gasteiger partial charge in [0.1, 0.15) is 0 Å². The highest BCUT2D eigenvalue weighted by Crippen LogP contribution is 2.40. The van der Waals surface area contributed by atoms with Crippen LogP contribution in [-0.2, 0) is 4.79 Å². The molecule has 0 bridgehead atoms. The minimum atomic E-state index is -0.455. The zero-order chi connectivity index (χ0) is 22.5. The van der Waals surface area contributed by atoms with Gasteiger partial charge in [-0.25, -0.2) is 0 Å². The minimum Gasteiger partial charge on any atom is -0.490 e. The van der Waals surface area contributed by atoms with Gasteiger partial charge in [-0.05, 0) is 85.2 Å². The lowest BCUT2D eigenvalue weighted by Crippen LogP contribution is -2.45. The third-order valence-electron chi connectivity index (χ3n) is 4.86. The van der Waals surface area contributed by atoms with Crippen molar-refractivity contribution in [3.05, 3.63) is 63.3 Å². The summed E-state index contributed by atoms with van der Waals surface area (Å²) in [6.07, 6.45) is 0. The van der Waals surface area contributed by atoms with E-state index in [0.29, 0.717) is 41.1 Å². The van der Waals surface area contributed by atoms with Gasteiger partial charge in [0.2, 0.25) is 0 Å². The first-order valence-electron chi connectivity index (χ1n) is 10.1. The molecule has 0 aliphatic carbocycles. The summed E-state index contributed by atoms with van der Waals surface area (Å²) < 4.78 is 12.3. The first-order chi connectivity index (χ1) is 14.8. The number of nitrogens with one attached hydrogen (secondary N) is 3. The van der Waals surface area contributed by atoms with E-state index in [0.717, 1.165) is 21.3 Å². The summed E-state index contributed by atoms with van der Waals surface area (Å²) in [4.78, 5) is 13.3. The monoisotopic (exact) mass is 503 g/mol. The largest absolute Gasteiger partial charge is 0.490 e. The average molecular weight is 504 g/mol. The molecule has 3 N–H and O–H groups in total. The fraction of sp³-hybridized carbons (Fsp3) is 0.304. The van der Waals surface area contributed by atoms with Crippen molar-refractivity contribution in [1.82, 2.24) is 10.6 Å². The smallest absolute Gasteiger partial charge is 0.255 e. The predicted molar refractivity (Wildman–Crippen MR) is 131 cm³/mol. The van der Waals surface area contributed by atoms with Gasteiger partial charge in [0.15, 0.2) is 16.6 Å². The first-order valence-corrected chi connectivity index (χ1v) is 11.3. The molecule has 0 fully saturated rings. The number of amides is 1. The molecule has 1 aliphatic heterocycles. The molecular weight excluding hydrogens is 478 g/mol. The van der Waals surface area contributed by atoms with Crippen LogP contribution in [0.25, 0.3) is 0 Å². The van der Waals surface area contributed by atoms with Gasteiger partial charge >= 0.3 is 0 Å². The van der Waals surface area contributed by atoms with E-state index in [2.05, 4.69) is 31.9 Å². The number of aryl methyl sites for hydroxylation is 1. The Balaban J connectivity index is 2.03. The van der Waals surface area contributed by atoms with Crippen LogP contribution in [-0.4, -0.2) is 24.2 Å². The normalized spacial score (nSPS) is 15.8. The Morgan fingerprint density at radius 1 is 1.16 bits per heavy atom.